The van der Waals surface area contributed by atoms with Crippen molar-refractivity contribution in [3.05, 3.63) is 48.5 Å². The van der Waals surface area contributed by atoms with Crippen LogP contribution in [0.5, 0.6) is 5.75 Å². The van der Waals surface area contributed by atoms with Crippen LogP contribution in [0.4, 0.5) is 11.6 Å². The van der Waals surface area contributed by atoms with Crippen molar-refractivity contribution in [2.75, 3.05) is 63.7 Å². The first-order chi connectivity index (χ1) is 19.1. The summed E-state index contributed by atoms with van der Waals surface area (Å²) in [6, 6.07) is 8.27. The second-order valence-corrected chi connectivity index (χ2v) is 9.40. The highest BCUT2D eigenvalue weighted by Gasteiger charge is 2.20. The van der Waals surface area contributed by atoms with Gasteiger partial charge in [0, 0.05) is 57.9 Å². The summed E-state index contributed by atoms with van der Waals surface area (Å²) in [5.41, 5.74) is 10.1. The summed E-state index contributed by atoms with van der Waals surface area (Å²) in [4.78, 5) is 22.8. The number of rotatable bonds is 9. The van der Waals surface area contributed by atoms with Crippen LogP contribution in [-0.4, -0.2) is 97.3 Å². The lowest BCUT2D eigenvalue weighted by molar-refractivity contribution is 0.146. The maximum Gasteiger partial charge on any atom is 0.225 e. The second-order valence-electron chi connectivity index (χ2n) is 9.40. The molecule has 4 aromatic heterocycles. The Morgan fingerprint density at radius 1 is 0.923 bits per heavy atom. The minimum absolute atomic E-state index is 0.253. The molecule has 1 fully saturated rings. The topological polar surface area (TPSA) is 138 Å². The molecule has 0 spiro atoms. The molecule has 0 amide bonds. The standard InChI is InChI=1S/C26H31N11O2/c1-18-22(29-8-7-28-18)23-31-25-21-17-30-36(24(21)32-26(27)37(25)33-23)14-11-34-9-12-35(13-10-34)19-3-5-20(6-4-19)39-16-15-38-2/h3-8,17H,9-16H2,1-2H3,(H2,27,32). The molecule has 0 bridgehead atoms. The molecule has 0 saturated carbocycles. The first kappa shape index (κ1) is 24.9. The van der Waals surface area contributed by atoms with Crippen LogP contribution in [0.3, 0.4) is 0 Å². The number of methoxy groups -OCH3 is 1. The number of anilines is 2. The van der Waals surface area contributed by atoms with E-state index in [1.807, 2.05) is 23.7 Å². The van der Waals surface area contributed by atoms with Gasteiger partial charge in [-0.15, -0.1) is 5.10 Å². The molecule has 39 heavy (non-hydrogen) atoms. The number of nitrogens with zero attached hydrogens (tertiary/aromatic N) is 10. The van der Waals surface area contributed by atoms with Gasteiger partial charge in [0.05, 0.1) is 30.4 Å². The smallest absolute Gasteiger partial charge is 0.225 e. The first-order valence-electron chi connectivity index (χ1n) is 13.0. The van der Waals surface area contributed by atoms with Gasteiger partial charge in [-0.2, -0.15) is 14.6 Å². The van der Waals surface area contributed by atoms with E-state index in [1.54, 1.807) is 25.7 Å². The lowest BCUT2D eigenvalue weighted by Gasteiger charge is -2.36. The number of hydrogen-bond donors (Lipinski definition) is 1. The monoisotopic (exact) mass is 529 g/mol. The Labute approximate surface area is 225 Å². The number of piperazine rings is 1. The number of aromatic nitrogens is 8. The summed E-state index contributed by atoms with van der Waals surface area (Å²) in [7, 11) is 1.67. The van der Waals surface area contributed by atoms with Gasteiger partial charge in [0.15, 0.2) is 11.3 Å². The maximum atomic E-state index is 6.27. The van der Waals surface area contributed by atoms with Crippen LogP contribution in [0, 0.1) is 6.92 Å². The molecule has 0 atom stereocenters. The number of hydrogen-bond acceptors (Lipinski definition) is 11. The molecule has 0 aliphatic carbocycles. The molecule has 1 aromatic carbocycles. The van der Waals surface area contributed by atoms with Crippen LogP contribution in [0.1, 0.15) is 5.69 Å². The van der Waals surface area contributed by atoms with Gasteiger partial charge in [0.25, 0.3) is 0 Å². The Morgan fingerprint density at radius 2 is 1.72 bits per heavy atom. The summed E-state index contributed by atoms with van der Waals surface area (Å²) in [6.07, 6.45) is 5.05. The Bertz CT molecular complexity index is 1570. The zero-order valence-electron chi connectivity index (χ0n) is 22.1. The molecule has 5 aromatic rings. The summed E-state index contributed by atoms with van der Waals surface area (Å²) in [5.74, 6) is 1.57. The summed E-state index contributed by atoms with van der Waals surface area (Å²) in [5, 5.41) is 9.93. The molecule has 0 unspecified atom stereocenters. The fraction of sp³-hybridized carbons (Fsp3) is 0.385. The van der Waals surface area contributed by atoms with Gasteiger partial charge in [-0.05, 0) is 31.2 Å². The molecule has 13 nitrogen and oxygen atoms in total. The van der Waals surface area contributed by atoms with Gasteiger partial charge in [-0.1, -0.05) is 0 Å². The zero-order valence-corrected chi connectivity index (χ0v) is 22.1. The van der Waals surface area contributed by atoms with Crippen molar-refractivity contribution in [3.63, 3.8) is 0 Å². The highest BCUT2D eigenvalue weighted by atomic mass is 16.5. The van der Waals surface area contributed by atoms with Crippen LogP contribution in [0.25, 0.3) is 28.2 Å². The van der Waals surface area contributed by atoms with Gasteiger partial charge in [0.1, 0.15) is 18.1 Å². The van der Waals surface area contributed by atoms with Gasteiger partial charge >= 0.3 is 0 Å². The van der Waals surface area contributed by atoms with E-state index >= 15 is 0 Å². The molecule has 1 saturated heterocycles. The van der Waals surface area contributed by atoms with Crippen molar-refractivity contribution >= 4 is 28.3 Å². The predicted molar refractivity (Wildman–Crippen MR) is 147 cm³/mol. The Morgan fingerprint density at radius 3 is 2.49 bits per heavy atom. The van der Waals surface area contributed by atoms with Gasteiger partial charge < -0.3 is 20.1 Å². The summed E-state index contributed by atoms with van der Waals surface area (Å²) >= 11 is 0. The van der Waals surface area contributed by atoms with E-state index in [4.69, 9.17) is 20.2 Å². The SMILES string of the molecule is COCCOc1ccc(N2CCN(CCn3ncc4c3nc(N)n3nc(-c5nccnc5C)nc43)CC2)cc1. The Kier molecular flexibility index (Phi) is 6.90. The lowest BCUT2D eigenvalue weighted by Crippen LogP contribution is -2.47. The summed E-state index contributed by atoms with van der Waals surface area (Å²) < 4.78 is 14.1. The average Bonchev–Trinajstić information content (AvgIpc) is 3.58. The second kappa shape index (κ2) is 10.8. The number of ether oxygens (including phenoxy) is 2. The van der Waals surface area contributed by atoms with Gasteiger partial charge in [-0.3, -0.25) is 9.88 Å². The van der Waals surface area contributed by atoms with Crippen molar-refractivity contribution in [3.8, 4) is 17.3 Å². The normalized spacial score (nSPS) is 14.5. The number of nitrogen functional groups attached to an aromatic ring is 1. The molecule has 6 rings (SSSR count). The van der Waals surface area contributed by atoms with Crippen molar-refractivity contribution < 1.29 is 9.47 Å². The van der Waals surface area contributed by atoms with Gasteiger partial charge in [-0.25, -0.2) is 14.6 Å². The number of nitrogens with two attached hydrogens (primary N) is 1. The van der Waals surface area contributed by atoms with E-state index in [1.165, 1.54) is 10.2 Å². The quantitative estimate of drug-likeness (QED) is 0.279. The lowest BCUT2D eigenvalue weighted by atomic mass is 10.2. The largest absolute Gasteiger partial charge is 0.491 e. The molecule has 5 heterocycles. The fourth-order valence-electron chi connectivity index (χ4n) is 4.81. The van der Waals surface area contributed by atoms with Crippen molar-refractivity contribution in [2.45, 2.75) is 13.5 Å². The van der Waals surface area contributed by atoms with E-state index in [2.05, 4.69) is 47.1 Å². The third kappa shape index (κ3) is 5.05. The number of fused-ring (bicyclic) bond motifs is 3. The van der Waals surface area contributed by atoms with E-state index < -0.39 is 0 Å². The molecular weight excluding hydrogens is 498 g/mol. The molecule has 0 radical (unpaired) electrons. The van der Waals surface area contributed by atoms with Crippen LogP contribution < -0.4 is 15.4 Å². The van der Waals surface area contributed by atoms with E-state index in [-0.39, 0.29) is 5.95 Å². The van der Waals surface area contributed by atoms with Gasteiger partial charge in [0.2, 0.25) is 11.8 Å². The summed E-state index contributed by atoms with van der Waals surface area (Å²) in [6.45, 7) is 8.42. The van der Waals surface area contributed by atoms with Crippen molar-refractivity contribution in [1.29, 1.82) is 0 Å². The van der Waals surface area contributed by atoms with Crippen LogP contribution >= 0.6 is 0 Å². The van der Waals surface area contributed by atoms with Crippen LogP contribution in [-0.2, 0) is 11.3 Å². The third-order valence-corrected chi connectivity index (χ3v) is 6.95. The minimum Gasteiger partial charge on any atom is -0.491 e. The van der Waals surface area contributed by atoms with E-state index in [0.717, 1.165) is 49.6 Å². The fourth-order valence-corrected chi connectivity index (χ4v) is 4.81. The van der Waals surface area contributed by atoms with E-state index in [0.29, 0.717) is 42.6 Å². The third-order valence-electron chi connectivity index (χ3n) is 6.95. The maximum absolute atomic E-state index is 6.27. The Balaban J connectivity index is 1.10. The van der Waals surface area contributed by atoms with Crippen molar-refractivity contribution in [2.24, 2.45) is 0 Å². The number of aryl methyl sites for hydroxylation is 1. The molecule has 202 valence electrons. The molecule has 13 heteroatoms. The van der Waals surface area contributed by atoms with E-state index in [9.17, 15) is 0 Å². The number of benzene rings is 1. The molecule has 2 N–H and O–H groups in total. The van der Waals surface area contributed by atoms with Crippen LogP contribution in [0.2, 0.25) is 0 Å². The van der Waals surface area contributed by atoms with Crippen molar-refractivity contribution in [1.82, 2.24) is 44.2 Å². The molecule has 1 aliphatic heterocycles. The zero-order chi connectivity index (χ0) is 26.8. The first-order valence-corrected chi connectivity index (χ1v) is 13.0. The minimum atomic E-state index is 0.253. The highest BCUT2D eigenvalue weighted by Crippen LogP contribution is 2.24. The Hall–Kier alpha value is -4.36. The molecule has 1 aliphatic rings. The molecular formula is C26H31N11O2. The van der Waals surface area contributed by atoms with Crippen LogP contribution in [0.15, 0.2) is 42.9 Å². The predicted octanol–water partition coefficient (Wildman–Crippen LogP) is 1.67. The average molecular weight is 530 g/mol. The highest BCUT2D eigenvalue weighted by molar-refractivity contribution is 5.90.